The van der Waals surface area contributed by atoms with Crippen LogP contribution >= 0.6 is 0 Å². The highest BCUT2D eigenvalue weighted by atomic mass is 16.2. The summed E-state index contributed by atoms with van der Waals surface area (Å²) in [6.07, 6.45) is 1.63. The van der Waals surface area contributed by atoms with E-state index in [1.54, 1.807) is 0 Å². The highest BCUT2D eigenvalue weighted by Gasteiger charge is 2.25. The minimum Gasteiger partial charge on any atom is -0.369 e. The van der Waals surface area contributed by atoms with Crippen LogP contribution in [0.25, 0.3) is 0 Å². The van der Waals surface area contributed by atoms with Gasteiger partial charge in [-0.15, -0.1) is 0 Å². The molecule has 0 aromatic heterocycles. The van der Waals surface area contributed by atoms with E-state index < -0.39 is 0 Å². The number of nitrogens with one attached hydrogen (secondary N) is 2. The predicted octanol–water partition coefficient (Wildman–Crippen LogP) is 2.71. The van der Waals surface area contributed by atoms with Crippen LogP contribution in [-0.4, -0.2) is 55.5 Å². The van der Waals surface area contributed by atoms with E-state index in [0.717, 1.165) is 43.9 Å². The molecule has 1 heterocycles. The van der Waals surface area contributed by atoms with Crippen molar-refractivity contribution < 1.29 is 9.59 Å². The summed E-state index contributed by atoms with van der Waals surface area (Å²) < 4.78 is 0. The highest BCUT2D eigenvalue weighted by Crippen LogP contribution is 2.20. The van der Waals surface area contributed by atoms with E-state index in [9.17, 15) is 9.59 Å². The van der Waals surface area contributed by atoms with Gasteiger partial charge in [-0.2, -0.15) is 0 Å². The lowest BCUT2D eigenvalue weighted by molar-refractivity contribution is -0.126. The molecule has 2 N–H and O–H groups in total. The molecule has 150 valence electrons. The first kappa shape index (κ1) is 21.2. The van der Waals surface area contributed by atoms with E-state index in [-0.39, 0.29) is 17.7 Å². The lowest BCUT2D eigenvalue weighted by atomic mass is 9.96. The first-order chi connectivity index (χ1) is 12.9. The Hall–Kier alpha value is -2.08. The number of likely N-dealkylation sites (tertiary alicyclic amines) is 1. The number of hydrogen-bond acceptors (Lipinski definition) is 4. The molecule has 6 heteroatoms. The van der Waals surface area contributed by atoms with E-state index in [0.29, 0.717) is 19.1 Å². The summed E-state index contributed by atoms with van der Waals surface area (Å²) in [7, 11) is 0. The Morgan fingerprint density at radius 1 is 1.15 bits per heavy atom. The molecule has 0 aliphatic carbocycles. The van der Waals surface area contributed by atoms with E-state index in [2.05, 4.69) is 53.3 Å². The minimum absolute atomic E-state index is 0.00424. The smallest absolute Gasteiger partial charge is 0.238 e. The first-order valence-electron chi connectivity index (χ1n) is 10.1. The van der Waals surface area contributed by atoms with E-state index in [1.807, 2.05) is 19.1 Å². The Bertz CT molecular complexity index is 607. The van der Waals surface area contributed by atoms with Gasteiger partial charge < -0.3 is 15.5 Å². The molecule has 0 radical (unpaired) electrons. The third-order valence-electron chi connectivity index (χ3n) is 5.12. The Morgan fingerprint density at radius 2 is 1.78 bits per heavy atom. The Kier molecular flexibility index (Phi) is 8.10. The molecule has 6 nitrogen and oxygen atoms in total. The first-order valence-corrected chi connectivity index (χ1v) is 10.1. The third kappa shape index (κ3) is 6.24. The fourth-order valence-electron chi connectivity index (χ4n) is 3.66. The number of nitrogens with zero attached hydrogens (tertiary/aromatic N) is 2. The molecule has 27 heavy (non-hydrogen) atoms. The van der Waals surface area contributed by atoms with Crippen molar-refractivity contribution in [3.63, 3.8) is 0 Å². The molecule has 1 aromatic rings. The topological polar surface area (TPSA) is 64.7 Å². The molecule has 1 fully saturated rings. The maximum absolute atomic E-state index is 12.3. The SMILES string of the molecule is CCNC(=O)C1CCN(CC(=O)Nc2ccc(N(CC)C(C)C)cc2)CC1. The number of benzene rings is 1. The van der Waals surface area contributed by atoms with Crippen molar-refractivity contribution in [2.24, 2.45) is 5.92 Å². The van der Waals surface area contributed by atoms with Gasteiger partial charge in [-0.1, -0.05) is 0 Å². The van der Waals surface area contributed by atoms with Gasteiger partial charge in [0.1, 0.15) is 0 Å². The molecule has 2 amide bonds. The second-order valence-corrected chi connectivity index (χ2v) is 7.42. The number of amides is 2. The fraction of sp³-hybridized carbons (Fsp3) is 0.619. The normalized spacial score (nSPS) is 15.6. The number of carbonyl (C=O) groups is 2. The van der Waals surface area contributed by atoms with Crippen LogP contribution in [0.2, 0.25) is 0 Å². The molecular formula is C21H34N4O2. The van der Waals surface area contributed by atoms with Crippen LogP contribution in [0, 0.1) is 5.92 Å². The summed E-state index contributed by atoms with van der Waals surface area (Å²) in [4.78, 5) is 28.7. The number of rotatable bonds is 8. The molecule has 1 aliphatic heterocycles. The van der Waals surface area contributed by atoms with Crippen molar-refractivity contribution >= 4 is 23.2 Å². The van der Waals surface area contributed by atoms with E-state index in [4.69, 9.17) is 0 Å². The van der Waals surface area contributed by atoms with E-state index in [1.165, 1.54) is 0 Å². The highest BCUT2D eigenvalue weighted by molar-refractivity contribution is 5.92. The van der Waals surface area contributed by atoms with Gasteiger partial charge in [0.15, 0.2) is 0 Å². The molecule has 0 atom stereocenters. The average Bonchev–Trinajstić information content (AvgIpc) is 2.64. The summed E-state index contributed by atoms with van der Waals surface area (Å²) >= 11 is 0. The van der Waals surface area contributed by atoms with Gasteiger partial charge in [-0.3, -0.25) is 14.5 Å². The zero-order valence-electron chi connectivity index (χ0n) is 17.1. The van der Waals surface area contributed by atoms with Gasteiger partial charge in [0, 0.05) is 36.4 Å². The van der Waals surface area contributed by atoms with Gasteiger partial charge in [0.05, 0.1) is 6.54 Å². The second kappa shape index (κ2) is 10.3. The van der Waals surface area contributed by atoms with Crippen LogP contribution in [0.4, 0.5) is 11.4 Å². The van der Waals surface area contributed by atoms with Crippen LogP contribution in [-0.2, 0) is 9.59 Å². The zero-order chi connectivity index (χ0) is 19.8. The van der Waals surface area contributed by atoms with Crippen molar-refractivity contribution in [2.75, 3.05) is 42.9 Å². The Morgan fingerprint density at radius 3 is 2.30 bits per heavy atom. The minimum atomic E-state index is -0.00424. The molecular weight excluding hydrogens is 340 g/mol. The maximum Gasteiger partial charge on any atom is 0.238 e. The zero-order valence-corrected chi connectivity index (χ0v) is 17.1. The summed E-state index contributed by atoms with van der Waals surface area (Å²) in [5.41, 5.74) is 1.98. The van der Waals surface area contributed by atoms with E-state index >= 15 is 0 Å². The molecule has 0 spiro atoms. The standard InChI is InChI=1S/C21H34N4O2/c1-5-22-21(27)17-11-13-24(14-12-17)15-20(26)23-18-7-9-19(10-8-18)25(6-2)16(3)4/h7-10,16-17H,5-6,11-15H2,1-4H3,(H,22,27)(H,23,26). The van der Waals surface area contributed by atoms with Crippen molar-refractivity contribution in [1.82, 2.24) is 10.2 Å². The number of carbonyl (C=O) groups excluding carboxylic acids is 2. The number of hydrogen-bond donors (Lipinski definition) is 2. The molecule has 1 aliphatic rings. The fourth-order valence-corrected chi connectivity index (χ4v) is 3.66. The Balaban J connectivity index is 1.80. The molecule has 0 unspecified atom stereocenters. The van der Waals surface area contributed by atoms with Gasteiger partial charge >= 0.3 is 0 Å². The van der Waals surface area contributed by atoms with Crippen LogP contribution < -0.4 is 15.5 Å². The molecule has 1 saturated heterocycles. The lowest BCUT2D eigenvalue weighted by Crippen LogP contribution is -2.43. The summed E-state index contributed by atoms with van der Waals surface area (Å²) in [5.74, 6) is 0.221. The van der Waals surface area contributed by atoms with Crippen molar-refractivity contribution in [2.45, 2.75) is 46.6 Å². The molecule has 2 rings (SSSR count). The van der Waals surface area contributed by atoms with Crippen LogP contribution in [0.3, 0.4) is 0 Å². The lowest BCUT2D eigenvalue weighted by Gasteiger charge is -2.30. The van der Waals surface area contributed by atoms with Crippen molar-refractivity contribution in [3.05, 3.63) is 24.3 Å². The van der Waals surface area contributed by atoms with Crippen molar-refractivity contribution in [1.29, 1.82) is 0 Å². The van der Waals surface area contributed by atoms with Gasteiger partial charge in [-0.05, 0) is 77.9 Å². The summed E-state index contributed by atoms with van der Waals surface area (Å²) in [6, 6.07) is 8.46. The van der Waals surface area contributed by atoms with Crippen molar-refractivity contribution in [3.8, 4) is 0 Å². The van der Waals surface area contributed by atoms with Crippen LogP contribution in [0.1, 0.15) is 40.5 Å². The quantitative estimate of drug-likeness (QED) is 0.734. The number of piperidine rings is 1. The van der Waals surface area contributed by atoms with Gasteiger partial charge in [0.25, 0.3) is 0 Å². The molecule has 1 aromatic carbocycles. The summed E-state index contributed by atoms with van der Waals surface area (Å²) in [6.45, 7) is 12.0. The number of anilines is 2. The molecule has 0 bridgehead atoms. The maximum atomic E-state index is 12.3. The van der Waals surface area contributed by atoms with Gasteiger partial charge in [-0.25, -0.2) is 0 Å². The second-order valence-electron chi connectivity index (χ2n) is 7.42. The van der Waals surface area contributed by atoms with Crippen LogP contribution in [0.15, 0.2) is 24.3 Å². The monoisotopic (exact) mass is 374 g/mol. The predicted molar refractivity (Wildman–Crippen MR) is 111 cm³/mol. The van der Waals surface area contributed by atoms with Gasteiger partial charge in [0.2, 0.25) is 11.8 Å². The third-order valence-corrected chi connectivity index (χ3v) is 5.12. The largest absolute Gasteiger partial charge is 0.369 e. The average molecular weight is 375 g/mol. The Labute approximate surface area is 163 Å². The van der Waals surface area contributed by atoms with Crippen LogP contribution in [0.5, 0.6) is 0 Å². The molecule has 0 saturated carbocycles. The summed E-state index contributed by atoms with van der Waals surface area (Å²) in [5, 5.41) is 5.87.